The summed E-state index contributed by atoms with van der Waals surface area (Å²) in [5.41, 5.74) is 2.30. The van der Waals surface area contributed by atoms with Crippen LogP contribution in [0.25, 0.3) is 0 Å². The lowest BCUT2D eigenvalue weighted by Gasteiger charge is -2.31. The van der Waals surface area contributed by atoms with Crippen LogP contribution in [0.15, 0.2) is 48.5 Å². The summed E-state index contributed by atoms with van der Waals surface area (Å²) in [6.45, 7) is 11.5. The SMILES string of the molecule is C[Si](C)(C)O[Si](C)(C)CCCCCc1ccc(C(=O)Oc2ccc(C#N)cc2)cc1. The van der Waals surface area contributed by atoms with Crippen LogP contribution in [0.4, 0.5) is 0 Å². The van der Waals surface area contributed by atoms with Crippen molar-refractivity contribution in [2.75, 3.05) is 0 Å². The Morgan fingerprint density at radius 2 is 1.53 bits per heavy atom. The molecule has 0 unspecified atom stereocenters. The number of rotatable bonds is 10. The summed E-state index contributed by atoms with van der Waals surface area (Å²) >= 11 is 0. The number of ether oxygens (including phenoxy) is 1. The molecule has 160 valence electrons. The number of hydrogen-bond donors (Lipinski definition) is 0. The molecule has 4 nitrogen and oxygen atoms in total. The summed E-state index contributed by atoms with van der Waals surface area (Å²) < 4.78 is 11.8. The number of carbonyl (C=O) groups is 1. The quantitative estimate of drug-likeness (QED) is 0.182. The van der Waals surface area contributed by atoms with Gasteiger partial charge in [-0.15, -0.1) is 0 Å². The Morgan fingerprint density at radius 1 is 0.900 bits per heavy atom. The minimum absolute atomic E-state index is 0.388. The zero-order valence-electron chi connectivity index (χ0n) is 18.8. The molecule has 2 rings (SSSR count). The highest BCUT2D eigenvalue weighted by Gasteiger charge is 2.28. The van der Waals surface area contributed by atoms with Crippen LogP contribution < -0.4 is 4.74 Å². The van der Waals surface area contributed by atoms with Gasteiger partial charge in [-0.1, -0.05) is 25.0 Å². The zero-order chi connectivity index (χ0) is 22.2. The van der Waals surface area contributed by atoms with Gasteiger partial charge in [0.05, 0.1) is 17.2 Å². The molecular weight excluding hydrogens is 406 g/mol. The average molecular weight is 440 g/mol. The van der Waals surface area contributed by atoms with Gasteiger partial charge in [-0.2, -0.15) is 5.26 Å². The van der Waals surface area contributed by atoms with Gasteiger partial charge in [0.25, 0.3) is 0 Å². The van der Waals surface area contributed by atoms with Gasteiger partial charge in [-0.3, -0.25) is 0 Å². The summed E-state index contributed by atoms with van der Waals surface area (Å²) in [5.74, 6) is 0.0495. The second kappa shape index (κ2) is 10.7. The van der Waals surface area contributed by atoms with Crippen LogP contribution in [0.2, 0.25) is 38.8 Å². The van der Waals surface area contributed by atoms with Crippen LogP contribution in [0.1, 0.15) is 40.7 Å². The van der Waals surface area contributed by atoms with Crippen molar-refractivity contribution in [3.63, 3.8) is 0 Å². The molecule has 0 bridgehead atoms. The Hall–Kier alpha value is -2.21. The minimum Gasteiger partial charge on any atom is -0.456 e. The molecule has 2 aromatic rings. The summed E-state index contributed by atoms with van der Waals surface area (Å²) in [7, 11) is -2.98. The molecule has 0 atom stereocenters. The van der Waals surface area contributed by atoms with Crippen molar-refractivity contribution in [2.45, 2.75) is 64.5 Å². The summed E-state index contributed by atoms with van der Waals surface area (Å²) in [6, 6.07) is 17.4. The summed E-state index contributed by atoms with van der Waals surface area (Å²) in [4.78, 5) is 12.3. The first-order valence-corrected chi connectivity index (χ1v) is 17.1. The van der Waals surface area contributed by atoms with Gasteiger partial charge in [-0.25, -0.2) is 4.79 Å². The Morgan fingerprint density at radius 3 is 2.10 bits per heavy atom. The third kappa shape index (κ3) is 8.66. The van der Waals surface area contributed by atoms with Gasteiger partial charge < -0.3 is 8.85 Å². The lowest BCUT2D eigenvalue weighted by molar-refractivity contribution is 0.0734. The molecule has 0 saturated carbocycles. The fourth-order valence-corrected chi connectivity index (χ4v) is 11.6. The van der Waals surface area contributed by atoms with E-state index < -0.39 is 16.6 Å². The molecule has 0 heterocycles. The van der Waals surface area contributed by atoms with E-state index in [0.29, 0.717) is 16.9 Å². The molecule has 0 aliphatic rings. The summed E-state index contributed by atoms with van der Waals surface area (Å²) in [5, 5.41) is 8.82. The summed E-state index contributed by atoms with van der Waals surface area (Å²) in [6.07, 6.45) is 4.58. The van der Waals surface area contributed by atoms with Crippen LogP contribution in [0.3, 0.4) is 0 Å². The maximum Gasteiger partial charge on any atom is 0.343 e. The molecule has 0 N–H and O–H groups in total. The van der Waals surface area contributed by atoms with Gasteiger partial charge in [0.2, 0.25) is 0 Å². The molecule has 6 heteroatoms. The molecule has 0 spiro atoms. The van der Waals surface area contributed by atoms with Gasteiger partial charge in [-0.05, 0) is 93.6 Å². The van der Waals surface area contributed by atoms with Gasteiger partial charge in [0.15, 0.2) is 16.6 Å². The molecule has 2 aromatic carbocycles. The predicted octanol–water partition coefficient (Wildman–Crippen LogP) is 6.55. The van der Waals surface area contributed by atoms with Crippen LogP contribution in [-0.4, -0.2) is 22.6 Å². The van der Waals surface area contributed by atoms with E-state index in [9.17, 15) is 4.79 Å². The number of aryl methyl sites for hydroxylation is 1. The highest BCUT2D eigenvalue weighted by atomic mass is 28.4. The van der Waals surface area contributed by atoms with Crippen molar-refractivity contribution in [1.82, 2.24) is 0 Å². The molecular formula is C24H33NO3Si2. The largest absolute Gasteiger partial charge is 0.456 e. The fraction of sp³-hybridized carbons (Fsp3) is 0.417. The molecule has 0 saturated heterocycles. The van der Waals surface area contributed by atoms with Crippen LogP contribution in [-0.2, 0) is 10.5 Å². The molecule has 0 amide bonds. The Kier molecular flexibility index (Phi) is 8.59. The van der Waals surface area contributed by atoms with Crippen molar-refractivity contribution in [2.24, 2.45) is 0 Å². The Labute approximate surface area is 183 Å². The monoisotopic (exact) mass is 439 g/mol. The first-order valence-electron chi connectivity index (χ1n) is 10.6. The highest BCUT2D eigenvalue weighted by molar-refractivity contribution is 6.84. The molecule has 30 heavy (non-hydrogen) atoms. The van der Waals surface area contributed by atoms with Crippen molar-refractivity contribution < 1.29 is 13.6 Å². The molecule has 0 fully saturated rings. The van der Waals surface area contributed by atoms with E-state index in [1.54, 1.807) is 24.3 Å². The van der Waals surface area contributed by atoms with E-state index in [0.717, 1.165) is 12.8 Å². The van der Waals surface area contributed by atoms with Crippen LogP contribution in [0, 0.1) is 11.3 Å². The van der Waals surface area contributed by atoms with Gasteiger partial charge >= 0.3 is 5.97 Å². The maximum absolute atomic E-state index is 12.3. The number of esters is 1. The van der Waals surface area contributed by atoms with Crippen LogP contribution >= 0.6 is 0 Å². The second-order valence-electron chi connectivity index (χ2n) is 9.26. The fourth-order valence-electron chi connectivity index (χ4n) is 3.51. The topological polar surface area (TPSA) is 59.3 Å². The van der Waals surface area contributed by atoms with E-state index in [4.69, 9.17) is 14.1 Å². The predicted molar refractivity (Wildman–Crippen MR) is 127 cm³/mol. The number of unbranched alkanes of at least 4 members (excludes halogenated alkanes) is 2. The number of nitriles is 1. The third-order valence-electron chi connectivity index (χ3n) is 4.71. The average Bonchev–Trinajstić information content (AvgIpc) is 2.67. The van der Waals surface area contributed by atoms with E-state index in [1.807, 2.05) is 30.3 Å². The number of carbonyl (C=O) groups excluding carboxylic acids is 1. The number of benzene rings is 2. The number of nitrogens with zero attached hydrogens (tertiary/aromatic N) is 1. The van der Waals surface area contributed by atoms with Crippen molar-refractivity contribution in [3.05, 3.63) is 65.2 Å². The van der Waals surface area contributed by atoms with Crippen LogP contribution in [0.5, 0.6) is 5.75 Å². The first-order chi connectivity index (χ1) is 14.1. The second-order valence-corrected chi connectivity index (χ2v) is 18.3. The van der Waals surface area contributed by atoms with Gasteiger partial charge in [0, 0.05) is 0 Å². The third-order valence-corrected chi connectivity index (χ3v) is 10.9. The lowest BCUT2D eigenvalue weighted by Crippen LogP contribution is -2.42. The van der Waals surface area contributed by atoms with E-state index >= 15 is 0 Å². The standard InChI is InChI=1S/C24H33NO3Si2/c1-29(2,3)28-30(4,5)18-8-6-7-9-20-10-14-22(15-11-20)24(26)27-23-16-12-21(19-25)13-17-23/h10-17H,6-9,18H2,1-5H3. The Balaban J connectivity index is 1.75. The molecule has 0 aromatic heterocycles. The first kappa shape index (κ1) is 24.1. The van der Waals surface area contributed by atoms with E-state index in [-0.39, 0.29) is 5.97 Å². The molecule has 0 aliphatic carbocycles. The zero-order valence-corrected chi connectivity index (χ0v) is 20.8. The smallest absolute Gasteiger partial charge is 0.343 e. The molecule has 0 aliphatic heterocycles. The normalized spacial score (nSPS) is 11.7. The Bertz CT molecular complexity index is 863. The highest BCUT2D eigenvalue weighted by Crippen LogP contribution is 2.22. The number of hydrogen-bond acceptors (Lipinski definition) is 4. The maximum atomic E-state index is 12.3. The molecule has 0 radical (unpaired) electrons. The minimum atomic E-state index is -1.53. The van der Waals surface area contributed by atoms with E-state index in [1.165, 1.54) is 24.4 Å². The van der Waals surface area contributed by atoms with E-state index in [2.05, 4.69) is 32.7 Å². The van der Waals surface area contributed by atoms with Gasteiger partial charge in [0.1, 0.15) is 5.75 Å². The van der Waals surface area contributed by atoms with Crippen molar-refractivity contribution in [3.8, 4) is 11.8 Å². The lowest BCUT2D eigenvalue weighted by atomic mass is 10.1. The van der Waals surface area contributed by atoms with Crippen molar-refractivity contribution >= 4 is 22.6 Å². The van der Waals surface area contributed by atoms with Crippen molar-refractivity contribution in [1.29, 1.82) is 5.26 Å².